The minimum atomic E-state index is -0.217. The molecule has 3 rings (SSSR count). The first-order valence-corrected chi connectivity index (χ1v) is 8.79. The maximum atomic E-state index is 12.3. The highest BCUT2D eigenvalue weighted by Gasteiger charge is 2.31. The smallest absolute Gasteiger partial charge is 0.258 e. The third-order valence-electron chi connectivity index (χ3n) is 4.68. The monoisotopic (exact) mass is 352 g/mol. The van der Waals surface area contributed by atoms with Crippen molar-refractivity contribution in [3.8, 4) is 5.75 Å². The largest absolute Gasteiger partial charge is 0.484 e. The second kappa shape index (κ2) is 7.60. The van der Waals surface area contributed by atoms with Gasteiger partial charge in [-0.25, -0.2) is 0 Å². The lowest BCUT2D eigenvalue weighted by atomic mass is 10.1. The van der Waals surface area contributed by atoms with Crippen LogP contribution in [0.3, 0.4) is 0 Å². The van der Waals surface area contributed by atoms with Gasteiger partial charge in [-0.15, -0.1) is 0 Å². The summed E-state index contributed by atoms with van der Waals surface area (Å²) in [6.45, 7) is 6.49. The van der Waals surface area contributed by atoms with Gasteiger partial charge in [0.15, 0.2) is 6.61 Å². The summed E-state index contributed by atoms with van der Waals surface area (Å²) in [5, 5.41) is 2.89. The third kappa shape index (κ3) is 4.23. The second-order valence-electron chi connectivity index (χ2n) is 6.84. The summed E-state index contributed by atoms with van der Waals surface area (Å²) in [5.41, 5.74) is 4.36. The van der Waals surface area contributed by atoms with Gasteiger partial charge < -0.3 is 15.0 Å². The molecule has 136 valence electrons. The lowest BCUT2D eigenvalue weighted by Gasteiger charge is -2.18. The Morgan fingerprint density at radius 2 is 1.85 bits per heavy atom. The zero-order valence-corrected chi connectivity index (χ0v) is 15.4. The van der Waals surface area contributed by atoms with Crippen LogP contribution in [0.25, 0.3) is 0 Å². The molecular formula is C21H24N2O3. The molecule has 26 heavy (non-hydrogen) atoms. The summed E-state index contributed by atoms with van der Waals surface area (Å²) in [5.74, 6) is 0.466. The molecule has 0 bridgehead atoms. The number of rotatable bonds is 5. The van der Waals surface area contributed by atoms with Crippen molar-refractivity contribution >= 4 is 17.5 Å². The fraction of sp³-hybridized carbons (Fsp3) is 0.333. The first-order valence-electron chi connectivity index (χ1n) is 8.79. The van der Waals surface area contributed by atoms with Crippen LogP contribution < -0.4 is 15.0 Å². The fourth-order valence-electron chi connectivity index (χ4n) is 3.00. The summed E-state index contributed by atoms with van der Waals surface area (Å²) in [6.07, 6.45) is 0.309. The Morgan fingerprint density at radius 1 is 1.12 bits per heavy atom. The summed E-state index contributed by atoms with van der Waals surface area (Å²) >= 11 is 0. The third-order valence-corrected chi connectivity index (χ3v) is 4.68. The maximum absolute atomic E-state index is 12.3. The van der Waals surface area contributed by atoms with E-state index in [1.807, 2.05) is 63.2 Å². The van der Waals surface area contributed by atoms with Gasteiger partial charge in [0.25, 0.3) is 5.91 Å². The predicted molar refractivity (Wildman–Crippen MR) is 101 cm³/mol. The zero-order chi connectivity index (χ0) is 18.7. The number of amides is 2. The standard InChI is InChI=1S/C21H24N2O3/c1-14-4-8-19(9-5-14)26-13-20(24)22-17-11-21(25)23(12-17)18-7-6-15(2)16(3)10-18/h4-10,17H,11-13H2,1-3H3,(H,22,24). The van der Waals surface area contributed by atoms with Crippen LogP contribution in [0.15, 0.2) is 42.5 Å². The van der Waals surface area contributed by atoms with Gasteiger partial charge in [0.1, 0.15) is 5.75 Å². The van der Waals surface area contributed by atoms with E-state index in [-0.39, 0.29) is 24.5 Å². The molecular weight excluding hydrogens is 328 g/mol. The number of carbonyl (C=O) groups is 2. The van der Waals surface area contributed by atoms with Crippen molar-refractivity contribution in [1.82, 2.24) is 5.32 Å². The van der Waals surface area contributed by atoms with E-state index < -0.39 is 0 Å². The van der Waals surface area contributed by atoms with E-state index in [0.29, 0.717) is 18.7 Å². The van der Waals surface area contributed by atoms with Crippen molar-refractivity contribution in [2.24, 2.45) is 0 Å². The molecule has 0 spiro atoms. The number of ether oxygens (including phenoxy) is 1. The van der Waals surface area contributed by atoms with Gasteiger partial charge in [0.2, 0.25) is 5.91 Å². The summed E-state index contributed by atoms with van der Waals surface area (Å²) < 4.78 is 5.49. The average molecular weight is 352 g/mol. The van der Waals surface area contributed by atoms with Crippen LogP contribution in [-0.2, 0) is 9.59 Å². The van der Waals surface area contributed by atoms with Gasteiger partial charge >= 0.3 is 0 Å². The van der Waals surface area contributed by atoms with E-state index in [1.54, 1.807) is 4.90 Å². The van der Waals surface area contributed by atoms with E-state index in [9.17, 15) is 9.59 Å². The summed E-state index contributed by atoms with van der Waals surface area (Å²) in [6, 6.07) is 13.3. The lowest BCUT2D eigenvalue weighted by molar-refractivity contribution is -0.123. The molecule has 2 amide bonds. The second-order valence-corrected chi connectivity index (χ2v) is 6.84. The van der Waals surface area contributed by atoms with Crippen LogP contribution in [0, 0.1) is 20.8 Å². The van der Waals surface area contributed by atoms with Crippen LogP contribution in [0.2, 0.25) is 0 Å². The molecule has 2 aromatic carbocycles. The Bertz CT molecular complexity index is 815. The number of hydrogen-bond acceptors (Lipinski definition) is 3. The molecule has 1 aliphatic heterocycles. The highest BCUT2D eigenvalue weighted by atomic mass is 16.5. The molecule has 1 N–H and O–H groups in total. The Morgan fingerprint density at radius 3 is 2.54 bits per heavy atom. The Labute approximate surface area is 154 Å². The van der Waals surface area contributed by atoms with E-state index in [4.69, 9.17) is 4.74 Å². The number of hydrogen-bond donors (Lipinski definition) is 1. The number of anilines is 1. The quantitative estimate of drug-likeness (QED) is 0.900. The molecule has 1 aliphatic rings. The fourth-order valence-corrected chi connectivity index (χ4v) is 3.00. The van der Waals surface area contributed by atoms with Crippen molar-refractivity contribution in [2.75, 3.05) is 18.1 Å². The number of aryl methyl sites for hydroxylation is 3. The van der Waals surface area contributed by atoms with E-state index in [2.05, 4.69) is 5.32 Å². The van der Waals surface area contributed by atoms with Crippen molar-refractivity contribution in [3.63, 3.8) is 0 Å². The number of nitrogens with one attached hydrogen (secondary N) is 1. The number of carbonyl (C=O) groups excluding carboxylic acids is 2. The molecule has 1 saturated heterocycles. The maximum Gasteiger partial charge on any atom is 0.258 e. The van der Waals surface area contributed by atoms with Crippen LogP contribution >= 0.6 is 0 Å². The van der Waals surface area contributed by atoms with Gasteiger partial charge in [-0.1, -0.05) is 23.8 Å². The highest BCUT2D eigenvalue weighted by molar-refractivity contribution is 5.97. The molecule has 0 aliphatic carbocycles. The Hall–Kier alpha value is -2.82. The van der Waals surface area contributed by atoms with Gasteiger partial charge in [0, 0.05) is 18.7 Å². The van der Waals surface area contributed by atoms with E-state index >= 15 is 0 Å². The van der Waals surface area contributed by atoms with Crippen molar-refractivity contribution in [1.29, 1.82) is 0 Å². The molecule has 1 unspecified atom stereocenters. The number of nitrogens with zero attached hydrogens (tertiary/aromatic N) is 1. The van der Waals surface area contributed by atoms with Gasteiger partial charge in [0.05, 0.1) is 6.04 Å². The van der Waals surface area contributed by atoms with Crippen molar-refractivity contribution in [3.05, 3.63) is 59.2 Å². The van der Waals surface area contributed by atoms with Gasteiger partial charge in [-0.2, -0.15) is 0 Å². The van der Waals surface area contributed by atoms with Crippen LogP contribution in [0.4, 0.5) is 5.69 Å². The summed E-state index contributed by atoms with van der Waals surface area (Å²) in [7, 11) is 0. The SMILES string of the molecule is Cc1ccc(OCC(=O)NC2CC(=O)N(c3ccc(C)c(C)c3)C2)cc1. The molecule has 2 aromatic rings. The van der Waals surface area contributed by atoms with Crippen LogP contribution in [-0.4, -0.2) is 31.0 Å². The Kier molecular flexibility index (Phi) is 5.26. The average Bonchev–Trinajstić information content (AvgIpc) is 2.97. The number of benzene rings is 2. The molecule has 0 aromatic heterocycles. The molecule has 1 heterocycles. The van der Waals surface area contributed by atoms with E-state index in [0.717, 1.165) is 16.8 Å². The predicted octanol–water partition coefficient (Wildman–Crippen LogP) is 2.91. The van der Waals surface area contributed by atoms with Crippen LogP contribution in [0.1, 0.15) is 23.1 Å². The van der Waals surface area contributed by atoms with E-state index in [1.165, 1.54) is 5.56 Å². The van der Waals surface area contributed by atoms with Crippen molar-refractivity contribution in [2.45, 2.75) is 33.2 Å². The molecule has 0 saturated carbocycles. The minimum absolute atomic E-state index is 0.0259. The van der Waals surface area contributed by atoms with Crippen molar-refractivity contribution < 1.29 is 14.3 Å². The highest BCUT2D eigenvalue weighted by Crippen LogP contribution is 2.24. The molecule has 1 fully saturated rings. The molecule has 0 radical (unpaired) electrons. The molecule has 5 heteroatoms. The Balaban J connectivity index is 1.54. The minimum Gasteiger partial charge on any atom is -0.484 e. The zero-order valence-electron chi connectivity index (χ0n) is 15.4. The normalized spacial score (nSPS) is 16.7. The topological polar surface area (TPSA) is 58.6 Å². The molecule has 1 atom stereocenters. The van der Waals surface area contributed by atoms with Gasteiger partial charge in [-0.05, 0) is 56.2 Å². The first kappa shape index (κ1) is 18.0. The van der Waals surface area contributed by atoms with Crippen LogP contribution in [0.5, 0.6) is 5.75 Å². The molecule has 5 nitrogen and oxygen atoms in total. The lowest BCUT2D eigenvalue weighted by Crippen LogP contribution is -2.39. The van der Waals surface area contributed by atoms with Gasteiger partial charge in [-0.3, -0.25) is 9.59 Å². The first-order chi connectivity index (χ1) is 12.4. The summed E-state index contributed by atoms with van der Waals surface area (Å²) in [4.78, 5) is 26.2.